The standard InChI is InChI=1S/C26H38N2O2/c1-26(2)18-22(15-17-30-26)25(21-8-12-24(29-5)13-9-21)14-16-27-19-20-6-10-23(11-7-20)28(3)4/h6-13,22,25,27H,14-19H2,1-5H3/p+1/t22-,25-/m1/s1. The third-order valence-corrected chi connectivity index (χ3v) is 6.36. The smallest absolute Gasteiger partial charge is 0.118 e. The van der Waals surface area contributed by atoms with Gasteiger partial charge in [-0.25, -0.2) is 0 Å². The molecule has 0 aliphatic carbocycles. The second-order valence-electron chi connectivity index (χ2n) is 9.37. The zero-order chi connectivity index (χ0) is 21.6. The van der Waals surface area contributed by atoms with Crippen LogP contribution in [0.5, 0.6) is 5.75 Å². The Kier molecular flexibility index (Phi) is 7.79. The normalized spacial score (nSPS) is 19.3. The van der Waals surface area contributed by atoms with Crippen LogP contribution in [0.15, 0.2) is 48.5 Å². The predicted molar refractivity (Wildman–Crippen MR) is 124 cm³/mol. The highest BCUT2D eigenvalue weighted by Gasteiger charge is 2.34. The molecule has 0 radical (unpaired) electrons. The summed E-state index contributed by atoms with van der Waals surface area (Å²) in [4.78, 5) is 2.14. The lowest BCUT2D eigenvalue weighted by Crippen LogP contribution is -2.82. The molecule has 2 aromatic rings. The summed E-state index contributed by atoms with van der Waals surface area (Å²) in [5, 5.41) is 2.45. The number of nitrogens with two attached hydrogens (primary N) is 1. The van der Waals surface area contributed by atoms with E-state index in [9.17, 15) is 0 Å². The fraction of sp³-hybridized carbons (Fsp3) is 0.538. The van der Waals surface area contributed by atoms with Crippen LogP contribution in [0.1, 0.15) is 50.2 Å². The summed E-state index contributed by atoms with van der Waals surface area (Å²) in [5.74, 6) is 2.15. The van der Waals surface area contributed by atoms with Gasteiger partial charge in [0.1, 0.15) is 12.3 Å². The van der Waals surface area contributed by atoms with Gasteiger partial charge in [-0.2, -0.15) is 0 Å². The molecule has 1 heterocycles. The van der Waals surface area contributed by atoms with Crippen LogP contribution in [0.2, 0.25) is 0 Å². The Morgan fingerprint density at radius 3 is 2.40 bits per heavy atom. The molecule has 0 bridgehead atoms. The maximum atomic E-state index is 6.00. The fourth-order valence-corrected chi connectivity index (χ4v) is 4.64. The van der Waals surface area contributed by atoms with Crippen LogP contribution >= 0.6 is 0 Å². The lowest BCUT2D eigenvalue weighted by atomic mass is 9.75. The third-order valence-electron chi connectivity index (χ3n) is 6.36. The van der Waals surface area contributed by atoms with Gasteiger partial charge in [0.25, 0.3) is 0 Å². The molecule has 1 aliphatic heterocycles. The highest BCUT2D eigenvalue weighted by atomic mass is 16.5. The molecular weight excluding hydrogens is 372 g/mol. The number of methoxy groups -OCH3 is 1. The molecule has 4 nitrogen and oxygen atoms in total. The molecule has 0 unspecified atom stereocenters. The molecule has 30 heavy (non-hydrogen) atoms. The summed E-state index contributed by atoms with van der Waals surface area (Å²) in [7, 11) is 5.89. The van der Waals surface area contributed by atoms with Crippen LogP contribution in [-0.2, 0) is 11.3 Å². The monoisotopic (exact) mass is 411 g/mol. The number of hydrogen-bond donors (Lipinski definition) is 1. The Labute approximate surface area is 182 Å². The Morgan fingerprint density at radius 2 is 1.80 bits per heavy atom. The van der Waals surface area contributed by atoms with Gasteiger partial charge in [-0.15, -0.1) is 0 Å². The van der Waals surface area contributed by atoms with E-state index in [1.807, 2.05) is 0 Å². The molecule has 0 amide bonds. The summed E-state index contributed by atoms with van der Waals surface area (Å²) < 4.78 is 11.4. The minimum absolute atomic E-state index is 0.0223. The van der Waals surface area contributed by atoms with E-state index in [1.54, 1.807) is 7.11 Å². The van der Waals surface area contributed by atoms with E-state index in [0.717, 1.165) is 38.3 Å². The van der Waals surface area contributed by atoms with Crippen molar-refractivity contribution in [2.24, 2.45) is 5.92 Å². The maximum absolute atomic E-state index is 6.00. The van der Waals surface area contributed by atoms with Crippen LogP contribution in [0, 0.1) is 5.92 Å². The van der Waals surface area contributed by atoms with Crippen molar-refractivity contribution < 1.29 is 14.8 Å². The summed E-state index contributed by atoms with van der Waals surface area (Å²) in [6.45, 7) is 7.49. The zero-order valence-electron chi connectivity index (χ0n) is 19.4. The van der Waals surface area contributed by atoms with E-state index in [2.05, 4.69) is 86.7 Å². The largest absolute Gasteiger partial charge is 0.497 e. The third kappa shape index (κ3) is 6.23. The SMILES string of the molecule is COc1ccc([C@@H](CC[NH2+]Cc2ccc(N(C)C)cc2)[C@@H]2CCOC(C)(C)C2)cc1. The van der Waals surface area contributed by atoms with Gasteiger partial charge in [-0.1, -0.05) is 24.3 Å². The van der Waals surface area contributed by atoms with Crippen molar-refractivity contribution in [3.05, 3.63) is 59.7 Å². The Morgan fingerprint density at radius 1 is 1.10 bits per heavy atom. The molecule has 3 rings (SSSR count). The first kappa shape index (κ1) is 22.6. The van der Waals surface area contributed by atoms with E-state index in [4.69, 9.17) is 9.47 Å². The topological polar surface area (TPSA) is 38.3 Å². The van der Waals surface area contributed by atoms with Crippen LogP contribution < -0.4 is 15.0 Å². The van der Waals surface area contributed by atoms with Gasteiger partial charge in [0.05, 0.1) is 19.3 Å². The molecule has 2 N–H and O–H groups in total. The van der Waals surface area contributed by atoms with Crippen LogP contribution in [0.3, 0.4) is 0 Å². The molecule has 0 saturated carbocycles. The molecule has 164 valence electrons. The molecule has 0 spiro atoms. The summed E-state index contributed by atoms with van der Waals surface area (Å²) >= 11 is 0. The molecular formula is C26H39N2O2+. The van der Waals surface area contributed by atoms with Crippen molar-refractivity contribution >= 4 is 5.69 Å². The summed E-state index contributed by atoms with van der Waals surface area (Å²) in [6, 6.07) is 17.6. The number of rotatable bonds is 9. The molecule has 2 atom stereocenters. The minimum Gasteiger partial charge on any atom is -0.497 e. The van der Waals surface area contributed by atoms with Gasteiger partial charge in [-0.3, -0.25) is 0 Å². The zero-order valence-corrected chi connectivity index (χ0v) is 19.4. The van der Waals surface area contributed by atoms with Crippen molar-refractivity contribution in [3.8, 4) is 5.75 Å². The second-order valence-corrected chi connectivity index (χ2v) is 9.37. The lowest BCUT2D eigenvalue weighted by molar-refractivity contribution is -0.671. The van der Waals surface area contributed by atoms with Crippen molar-refractivity contribution in [1.82, 2.24) is 0 Å². The summed E-state index contributed by atoms with van der Waals surface area (Å²) in [5.41, 5.74) is 4.04. The highest BCUT2D eigenvalue weighted by Crippen LogP contribution is 2.40. The maximum Gasteiger partial charge on any atom is 0.118 e. The fourth-order valence-electron chi connectivity index (χ4n) is 4.64. The predicted octanol–water partition coefficient (Wildman–Crippen LogP) is 4.20. The van der Waals surface area contributed by atoms with Gasteiger partial charge in [-0.05, 0) is 68.4 Å². The number of nitrogens with zero attached hydrogens (tertiary/aromatic N) is 1. The Hall–Kier alpha value is -2.04. The average molecular weight is 412 g/mol. The van der Waals surface area contributed by atoms with Crippen LogP contribution in [0.4, 0.5) is 5.69 Å². The molecule has 1 saturated heterocycles. The van der Waals surface area contributed by atoms with Crippen LogP contribution in [-0.4, -0.2) is 40.0 Å². The quantitative estimate of drug-likeness (QED) is 0.629. The van der Waals surface area contributed by atoms with Gasteiger partial charge in [0.15, 0.2) is 0 Å². The first-order chi connectivity index (χ1) is 14.4. The first-order valence-corrected chi connectivity index (χ1v) is 11.2. The molecule has 2 aromatic carbocycles. The average Bonchev–Trinajstić information content (AvgIpc) is 2.73. The van der Waals surface area contributed by atoms with E-state index in [0.29, 0.717) is 11.8 Å². The van der Waals surface area contributed by atoms with E-state index in [1.165, 1.54) is 23.2 Å². The lowest BCUT2D eigenvalue weighted by Gasteiger charge is -2.39. The Balaban J connectivity index is 1.61. The van der Waals surface area contributed by atoms with Crippen molar-refractivity contribution in [1.29, 1.82) is 0 Å². The highest BCUT2D eigenvalue weighted by molar-refractivity contribution is 5.45. The number of anilines is 1. The van der Waals surface area contributed by atoms with Gasteiger partial charge in [0, 0.05) is 38.4 Å². The van der Waals surface area contributed by atoms with E-state index >= 15 is 0 Å². The van der Waals surface area contributed by atoms with Crippen molar-refractivity contribution in [2.45, 2.75) is 51.2 Å². The molecule has 4 heteroatoms. The number of quaternary nitrogens is 1. The van der Waals surface area contributed by atoms with Crippen molar-refractivity contribution in [2.75, 3.05) is 39.3 Å². The molecule has 0 aromatic heterocycles. The van der Waals surface area contributed by atoms with Gasteiger partial charge < -0.3 is 19.7 Å². The van der Waals surface area contributed by atoms with E-state index in [-0.39, 0.29) is 5.60 Å². The summed E-state index contributed by atoms with van der Waals surface area (Å²) in [6.07, 6.45) is 3.45. The van der Waals surface area contributed by atoms with Crippen LogP contribution in [0.25, 0.3) is 0 Å². The number of ether oxygens (including phenoxy) is 2. The minimum atomic E-state index is -0.0223. The number of benzene rings is 2. The Bertz CT molecular complexity index is 769. The molecule has 1 aliphatic rings. The molecule has 1 fully saturated rings. The second kappa shape index (κ2) is 10.3. The van der Waals surface area contributed by atoms with Crippen molar-refractivity contribution in [3.63, 3.8) is 0 Å². The first-order valence-electron chi connectivity index (χ1n) is 11.2. The van der Waals surface area contributed by atoms with Gasteiger partial charge in [0.2, 0.25) is 0 Å². The number of hydrogen-bond acceptors (Lipinski definition) is 3. The van der Waals surface area contributed by atoms with E-state index < -0.39 is 0 Å². The van der Waals surface area contributed by atoms with Gasteiger partial charge >= 0.3 is 0 Å².